The molecule has 0 amide bonds. The van der Waals surface area contributed by atoms with Gasteiger partial charge in [0.1, 0.15) is 0 Å². The van der Waals surface area contributed by atoms with Crippen LogP contribution in [0.25, 0.3) is 0 Å². The number of rotatable bonds is 8. The number of nitrogens with zero attached hydrogens (tertiary/aromatic N) is 3. The Hall–Kier alpha value is -1.47. The van der Waals surface area contributed by atoms with Crippen LogP contribution in [-0.2, 0) is 20.8 Å². The largest absolute Gasteiger partial charge is 0.469 e. The number of aromatic nitrogens is 2. The highest BCUT2D eigenvalue weighted by Crippen LogP contribution is 2.02. The molecule has 0 fully saturated rings. The number of methoxy groups -OCH3 is 2. The zero-order chi connectivity index (χ0) is 13.4. The zero-order valence-corrected chi connectivity index (χ0v) is 11.0. The van der Waals surface area contributed by atoms with Crippen molar-refractivity contribution in [1.82, 2.24) is 15.0 Å². The number of carbonyl (C=O) groups excluding carboxylic acids is 1. The standard InChI is InChI=1S/C11H19N3O4/c1-9-12-10(13-18-9)8-14(6-7-16-2)5-4-11(15)17-3/h4-8H2,1-3H3. The van der Waals surface area contributed by atoms with E-state index in [0.717, 1.165) is 0 Å². The molecular formula is C11H19N3O4. The van der Waals surface area contributed by atoms with Crippen LogP contribution in [0, 0.1) is 6.92 Å². The molecule has 1 aromatic rings. The van der Waals surface area contributed by atoms with E-state index >= 15 is 0 Å². The van der Waals surface area contributed by atoms with Gasteiger partial charge in [-0.1, -0.05) is 5.16 Å². The van der Waals surface area contributed by atoms with Crippen LogP contribution >= 0.6 is 0 Å². The molecule has 0 radical (unpaired) electrons. The molecule has 0 saturated heterocycles. The molecule has 0 N–H and O–H groups in total. The SMILES string of the molecule is COCCN(CCC(=O)OC)Cc1noc(C)n1. The van der Waals surface area contributed by atoms with E-state index in [1.807, 2.05) is 4.90 Å². The molecule has 7 nitrogen and oxygen atoms in total. The Morgan fingerprint density at radius 3 is 2.72 bits per heavy atom. The van der Waals surface area contributed by atoms with Crippen LogP contribution in [0.3, 0.4) is 0 Å². The molecule has 102 valence electrons. The fourth-order valence-electron chi connectivity index (χ4n) is 1.45. The monoisotopic (exact) mass is 257 g/mol. The maximum absolute atomic E-state index is 11.1. The molecule has 0 aliphatic rings. The van der Waals surface area contributed by atoms with E-state index in [-0.39, 0.29) is 5.97 Å². The van der Waals surface area contributed by atoms with Gasteiger partial charge in [-0.2, -0.15) is 4.98 Å². The highest BCUT2D eigenvalue weighted by atomic mass is 16.5. The van der Waals surface area contributed by atoms with Gasteiger partial charge in [0.2, 0.25) is 5.89 Å². The van der Waals surface area contributed by atoms with Crippen molar-refractivity contribution in [2.45, 2.75) is 19.9 Å². The molecule has 0 bridgehead atoms. The lowest BCUT2D eigenvalue weighted by atomic mass is 10.3. The molecule has 0 aliphatic carbocycles. The number of aryl methyl sites for hydroxylation is 1. The minimum Gasteiger partial charge on any atom is -0.469 e. The zero-order valence-electron chi connectivity index (χ0n) is 11.0. The summed E-state index contributed by atoms with van der Waals surface area (Å²) in [7, 11) is 3.02. The fourth-order valence-corrected chi connectivity index (χ4v) is 1.45. The van der Waals surface area contributed by atoms with Gasteiger partial charge in [0, 0.05) is 27.1 Å². The molecular weight excluding hydrogens is 238 g/mol. The summed E-state index contributed by atoms with van der Waals surface area (Å²) in [6.45, 7) is 4.12. The molecule has 0 unspecified atom stereocenters. The van der Waals surface area contributed by atoms with Crippen LogP contribution in [-0.4, -0.2) is 54.9 Å². The Morgan fingerprint density at radius 1 is 1.39 bits per heavy atom. The summed E-state index contributed by atoms with van der Waals surface area (Å²) in [6, 6.07) is 0. The van der Waals surface area contributed by atoms with Crippen molar-refractivity contribution >= 4 is 5.97 Å². The van der Waals surface area contributed by atoms with Crippen molar-refractivity contribution in [3.8, 4) is 0 Å². The lowest BCUT2D eigenvalue weighted by molar-refractivity contribution is -0.141. The number of ether oxygens (including phenoxy) is 2. The molecule has 0 saturated carbocycles. The summed E-state index contributed by atoms with van der Waals surface area (Å²) >= 11 is 0. The topological polar surface area (TPSA) is 77.7 Å². The van der Waals surface area contributed by atoms with Crippen molar-refractivity contribution in [3.05, 3.63) is 11.7 Å². The molecule has 1 heterocycles. The second-order valence-corrected chi connectivity index (χ2v) is 3.82. The van der Waals surface area contributed by atoms with Gasteiger partial charge in [0.15, 0.2) is 5.82 Å². The van der Waals surface area contributed by atoms with Gasteiger partial charge in [-0.25, -0.2) is 0 Å². The number of carbonyl (C=O) groups is 1. The first-order valence-corrected chi connectivity index (χ1v) is 5.73. The van der Waals surface area contributed by atoms with E-state index in [9.17, 15) is 4.79 Å². The van der Waals surface area contributed by atoms with E-state index in [2.05, 4.69) is 14.9 Å². The van der Waals surface area contributed by atoms with Crippen molar-refractivity contribution in [3.63, 3.8) is 0 Å². The Balaban J connectivity index is 2.46. The smallest absolute Gasteiger partial charge is 0.306 e. The summed E-state index contributed by atoms with van der Waals surface area (Å²) in [5, 5.41) is 3.83. The average Bonchev–Trinajstić information content (AvgIpc) is 2.77. The highest BCUT2D eigenvalue weighted by Gasteiger charge is 2.12. The summed E-state index contributed by atoms with van der Waals surface area (Å²) in [6.07, 6.45) is 0.330. The Labute approximate surface area is 106 Å². The van der Waals surface area contributed by atoms with E-state index in [1.54, 1.807) is 14.0 Å². The van der Waals surface area contributed by atoms with Crippen molar-refractivity contribution in [1.29, 1.82) is 0 Å². The maximum atomic E-state index is 11.1. The predicted octanol–water partition coefficient (Wildman–Crippen LogP) is 0.390. The summed E-state index contributed by atoms with van der Waals surface area (Å²) in [4.78, 5) is 17.3. The number of hydrogen-bond donors (Lipinski definition) is 0. The van der Waals surface area contributed by atoms with Crippen molar-refractivity contribution in [2.24, 2.45) is 0 Å². The lowest BCUT2D eigenvalue weighted by Crippen LogP contribution is -2.30. The Kier molecular flexibility index (Phi) is 6.31. The van der Waals surface area contributed by atoms with Crippen molar-refractivity contribution < 1.29 is 18.8 Å². The summed E-state index contributed by atoms with van der Waals surface area (Å²) in [5.74, 6) is 0.903. The van der Waals surface area contributed by atoms with Gasteiger partial charge < -0.3 is 14.0 Å². The van der Waals surface area contributed by atoms with Gasteiger partial charge in [-0.05, 0) is 0 Å². The molecule has 18 heavy (non-hydrogen) atoms. The van der Waals surface area contributed by atoms with E-state index in [0.29, 0.717) is 44.4 Å². The number of esters is 1. The normalized spacial score (nSPS) is 10.9. The van der Waals surface area contributed by atoms with Crippen LogP contribution in [0.15, 0.2) is 4.52 Å². The van der Waals surface area contributed by atoms with Crippen LogP contribution in [0.1, 0.15) is 18.1 Å². The van der Waals surface area contributed by atoms with Crippen LogP contribution < -0.4 is 0 Å². The number of hydrogen-bond acceptors (Lipinski definition) is 7. The molecule has 1 aromatic heterocycles. The maximum Gasteiger partial charge on any atom is 0.306 e. The van der Waals surface area contributed by atoms with E-state index < -0.39 is 0 Å². The van der Waals surface area contributed by atoms with Gasteiger partial charge >= 0.3 is 5.97 Å². The minimum absolute atomic E-state index is 0.235. The molecule has 1 rings (SSSR count). The van der Waals surface area contributed by atoms with Crippen LogP contribution in [0.5, 0.6) is 0 Å². The van der Waals surface area contributed by atoms with E-state index in [1.165, 1.54) is 7.11 Å². The molecule has 0 aliphatic heterocycles. The van der Waals surface area contributed by atoms with Gasteiger partial charge in [0.05, 0.1) is 26.7 Å². The molecule has 0 atom stereocenters. The third-order valence-electron chi connectivity index (χ3n) is 2.41. The summed E-state index contributed by atoms with van der Waals surface area (Å²) < 4.78 is 14.5. The van der Waals surface area contributed by atoms with Gasteiger partial charge in [-0.15, -0.1) is 0 Å². The van der Waals surface area contributed by atoms with Crippen LogP contribution in [0.2, 0.25) is 0 Å². The van der Waals surface area contributed by atoms with Crippen LogP contribution in [0.4, 0.5) is 0 Å². The van der Waals surface area contributed by atoms with Crippen molar-refractivity contribution in [2.75, 3.05) is 33.9 Å². The lowest BCUT2D eigenvalue weighted by Gasteiger charge is -2.19. The van der Waals surface area contributed by atoms with E-state index in [4.69, 9.17) is 9.26 Å². The highest BCUT2D eigenvalue weighted by molar-refractivity contribution is 5.69. The third-order valence-corrected chi connectivity index (χ3v) is 2.41. The first-order valence-electron chi connectivity index (χ1n) is 5.73. The molecule has 0 aromatic carbocycles. The first kappa shape index (κ1) is 14.6. The second-order valence-electron chi connectivity index (χ2n) is 3.82. The minimum atomic E-state index is -0.235. The predicted molar refractivity (Wildman–Crippen MR) is 62.8 cm³/mol. The van der Waals surface area contributed by atoms with Gasteiger partial charge in [0.25, 0.3) is 0 Å². The third kappa shape index (κ3) is 5.24. The fraction of sp³-hybridized carbons (Fsp3) is 0.727. The quantitative estimate of drug-likeness (QED) is 0.623. The first-order chi connectivity index (χ1) is 8.65. The second kappa shape index (κ2) is 7.78. The average molecular weight is 257 g/mol. The van der Waals surface area contributed by atoms with Gasteiger partial charge in [-0.3, -0.25) is 9.69 Å². The molecule has 7 heteroatoms. The Morgan fingerprint density at radius 2 is 2.17 bits per heavy atom. The Bertz CT molecular complexity index is 367. The molecule has 0 spiro atoms. The summed E-state index contributed by atoms with van der Waals surface area (Å²) in [5.41, 5.74) is 0.